The molecule has 0 amide bonds. The molecule has 0 aliphatic rings. The van der Waals surface area contributed by atoms with Gasteiger partial charge in [-0.05, 0) is 6.92 Å². The molecule has 0 N–H and O–H groups in total. The van der Waals surface area contributed by atoms with Crippen molar-refractivity contribution in [1.82, 2.24) is 4.31 Å². The molecule has 23 heteroatoms. The van der Waals surface area contributed by atoms with Crippen LogP contribution >= 0.6 is 0 Å². The predicted octanol–water partition coefficient (Wildman–Crippen LogP) is 5.17. The predicted molar refractivity (Wildman–Crippen MR) is 82.1 cm³/mol. The first-order chi connectivity index (χ1) is 15.9. The number of carbonyl (C=O) groups is 1. The van der Waals surface area contributed by atoms with Crippen molar-refractivity contribution in [3.05, 3.63) is 11.8 Å². The molecule has 0 radical (unpaired) electrons. The molecule has 0 aromatic heterocycles. The van der Waals surface area contributed by atoms with Crippen LogP contribution in [-0.4, -0.2) is 80.3 Å². The van der Waals surface area contributed by atoms with Crippen molar-refractivity contribution in [2.75, 3.05) is 13.7 Å². The van der Waals surface area contributed by atoms with Gasteiger partial charge >= 0.3 is 53.6 Å². The van der Waals surface area contributed by atoms with Gasteiger partial charge in [0.2, 0.25) is 0 Å². The first-order valence-corrected chi connectivity index (χ1v) is 9.41. The molecule has 0 spiro atoms. The van der Waals surface area contributed by atoms with Gasteiger partial charge in [-0.2, -0.15) is 74.6 Å². The summed E-state index contributed by atoms with van der Waals surface area (Å²) in [5, 5.41) is 0. The number of ether oxygens (including phenoxy) is 1. The average Bonchev–Trinajstić information content (AvgIpc) is 2.69. The van der Waals surface area contributed by atoms with Crippen molar-refractivity contribution in [2.45, 2.75) is 54.6 Å². The van der Waals surface area contributed by atoms with Gasteiger partial charge in [0.1, 0.15) is 5.70 Å². The standard InChI is InChI=1S/C14H10F17NO4S/c1-3-36-6(33)5(32(2)37(34)35)4-7(15,16)8(17,18)9(19,20)10(21,22)11(23,24)12(25,26)13(27,28)14(29,30)31/h4H,3H2,1-2H3,(H,34,35)/p-1. The van der Waals surface area contributed by atoms with Gasteiger partial charge < -0.3 is 9.29 Å². The van der Waals surface area contributed by atoms with Crippen molar-refractivity contribution in [2.24, 2.45) is 0 Å². The fourth-order valence-corrected chi connectivity index (χ4v) is 2.29. The van der Waals surface area contributed by atoms with Crippen LogP contribution in [0.15, 0.2) is 11.8 Å². The van der Waals surface area contributed by atoms with Crippen LogP contribution < -0.4 is 0 Å². The lowest BCUT2D eigenvalue weighted by Gasteiger charge is -2.42. The molecule has 0 saturated heterocycles. The van der Waals surface area contributed by atoms with Crippen LogP contribution in [0, 0.1) is 0 Å². The smallest absolute Gasteiger partial charge is 0.460 e. The number of esters is 1. The Labute approximate surface area is 195 Å². The van der Waals surface area contributed by atoms with E-state index in [9.17, 15) is 88.2 Å². The number of allylic oxidation sites excluding steroid dienone is 1. The van der Waals surface area contributed by atoms with Gasteiger partial charge in [-0.3, -0.25) is 8.51 Å². The quantitative estimate of drug-likeness (QED) is 0.140. The third-order valence-corrected chi connectivity index (χ3v) is 4.76. The van der Waals surface area contributed by atoms with Crippen LogP contribution in [-0.2, 0) is 20.8 Å². The zero-order chi connectivity index (χ0) is 30.4. The van der Waals surface area contributed by atoms with Crippen LogP contribution in [0.1, 0.15) is 6.92 Å². The lowest BCUT2D eigenvalue weighted by molar-refractivity contribution is -0.459. The van der Waals surface area contributed by atoms with Gasteiger partial charge in [-0.25, -0.2) is 4.79 Å². The third kappa shape index (κ3) is 5.28. The molecule has 0 fully saturated rings. The topological polar surface area (TPSA) is 69.7 Å². The van der Waals surface area contributed by atoms with E-state index in [4.69, 9.17) is 0 Å². The lowest BCUT2D eigenvalue weighted by Crippen LogP contribution is -2.74. The summed E-state index contributed by atoms with van der Waals surface area (Å²) in [4.78, 5) is 11.5. The van der Waals surface area contributed by atoms with Gasteiger partial charge in [-0.15, -0.1) is 0 Å². The Kier molecular flexibility index (Phi) is 9.36. The molecule has 37 heavy (non-hydrogen) atoms. The first-order valence-electron chi connectivity index (χ1n) is 8.38. The van der Waals surface area contributed by atoms with Crippen molar-refractivity contribution in [3.63, 3.8) is 0 Å². The van der Waals surface area contributed by atoms with Crippen LogP contribution in [0.25, 0.3) is 0 Å². The highest BCUT2D eigenvalue weighted by Crippen LogP contribution is 2.64. The monoisotopic (exact) mass is 610 g/mol. The minimum atomic E-state index is -8.82. The summed E-state index contributed by atoms with van der Waals surface area (Å²) in [6.07, 6.45) is -9.75. The normalized spacial score (nSPS) is 16.5. The average molecular weight is 610 g/mol. The largest absolute Gasteiger partial charge is 0.755 e. The Morgan fingerprint density at radius 2 is 1.05 bits per heavy atom. The fraction of sp³-hybridized carbons (Fsp3) is 0.786. The van der Waals surface area contributed by atoms with Gasteiger partial charge in [0.05, 0.1) is 6.61 Å². The Morgan fingerprint density at radius 1 is 0.730 bits per heavy atom. The first kappa shape index (κ1) is 34.9. The highest BCUT2D eigenvalue weighted by molar-refractivity contribution is 7.76. The van der Waals surface area contributed by atoms with E-state index in [2.05, 4.69) is 4.74 Å². The molecule has 0 aromatic carbocycles. The zero-order valence-corrected chi connectivity index (χ0v) is 18.0. The van der Waals surface area contributed by atoms with Gasteiger partial charge in [0.15, 0.2) is 0 Å². The molecule has 1 unspecified atom stereocenters. The lowest BCUT2D eigenvalue weighted by atomic mass is 9.89. The molecule has 1 atom stereocenters. The molecule has 0 bridgehead atoms. The van der Waals surface area contributed by atoms with E-state index in [1.807, 2.05) is 0 Å². The van der Waals surface area contributed by atoms with Crippen LogP contribution in [0.4, 0.5) is 74.6 Å². The number of rotatable bonds is 11. The maximum absolute atomic E-state index is 14.0. The van der Waals surface area contributed by atoms with E-state index in [-0.39, 0.29) is 7.05 Å². The minimum absolute atomic E-state index is 0.0563. The Balaban J connectivity index is 7.10. The second kappa shape index (κ2) is 9.91. The summed E-state index contributed by atoms with van der Waals surface area (Å²) in [6.45, 7) is -0.00939. The highest BCUT2D eigenvalue weighted by atomic mass is 32.2. The maximum Gasteiger partial charge on any atom is 0.460 e. The third-order valence-electron chi connectivity index (χ3n) is 4.11. The molecule has 220 valence electrons. The van der Waals surface area contributed by atoms with Crippen molar-refractivity contribution in [1.29, 1.82) is 0 Å². The van der Waals surface area contributed by atoms with Gasteiger partial charge in [0, 0.05) is 24.4 Å². The summed E-state index contributed by atoms with van der Waals surface area (Å²) in [7, 11) is 0.0563. The maximum atomic E-state index is 14.0. The molecule has 0 aromatic rings. The van der Waals surface area contributed by atoms with Gasteiger partial charge in [0.25, 0.3) is 0 Å². The summed E-state index contributed by atoms with van der Waals surface area (Å²) >= 11 is -3.92. The number of hydrogen-bond donors (Lipinski definition) is 0. The van der Waals surface area contributed by atoms with E-state index in [1.54, 1.807) is 0 Å². The number of halogens is 17. The number of hydrogen-bond acceptors (Lipinski definition) is 4. The fourth-order valence-electron chi connectivity index (χ4n) is 2.00. The number of alkyl halides is 17. The Hall–Kier alpha value is -2.07. The van der Waals surface area contributed by atoms with E-state index >= 15 is 0 Å². The molecule has 0 heterocycles. The minimum Gasteiger partial charge on any atom is -0.755 e. The number of carbonyl (C=O) groups excluding carboxylic acids is 1. The molecular weight excluding hydrogens is 601 g/mol. The molecule has 0 rings (SSSR count). The van der Waals surface area contributed by atoms with Gasteiger partial charge in [-0.1, -0.05) is 0 Å². The number of nitrogens with zero attached hydrogens (tertiary/aromatic N) is 1. The second-order valence-corrected chi connectivity index (χ2v) is 7.51. The van der Waals surface area contributed by atoms with E-state index in [0.29, 0.717) is 0 Å². The molecule has 0 aliphatic carbocycles. The van der Waals surface area contributed by atoms with Crippen LogP contribution in [0.2, 0.25) is 0 Å². The van der Waals surface area contributed by atoms with E-state index in [1.165, 1.54) is 0 Å². The molecular formula is C14H9F17NO4S-. The molecule has 0 saturated carbocycles. The Morgan fingerprint density at radius 3 is 1.35 bits per heavy atom. The highest BCUT2D eigenvalue weighted by Gasteiger charge is 2.95. The van der Waals surface area contributed by atoms with Crippen LogP contribution in [0.5, 0.6) is 0 Å². The second-order valence-electron chi connectivity index (χ2n) is 6.53. The molecule has 5 nitrogen and oxygen atoms in total. The van der Waals surface area contributed by atoms with Crippen molar-refractivity contribution in [3.8, 4) is 0 Å². The van der Waals surface area contributed by atoms with E-state index < -0.39 is 87.6 Å². The Bertz CT molecular complexity index is 914. The van der Waals surface area contributed by atoms with E-state index in [0.717, 1.165) is 6.92 Å². The van der Waals surface area contributed by atoms with Crippen molar-refractivity contribution >= 4 is 17.2 Å². The summed E-state index contributed by atoms with van der Waals surface area (Å²) in [5.41, 5.74) is -2.38. The zero-order valence-electron chi connectivity index (χ0n) is 17.2. The number of likely N-dealkylation sites (N-methyl/N-ethyl adjacent to an activating group) is 1. The summed E-state index contributed by atoms with van der Waals surface area (Å²) < 4.78 is 250. The molecule has 0 aliphatic heterocycles. The summed E-state index contributed by atoms with van der Waals surface area (Å²) in [6, 6.07) is 0. The van der Waals surface area contributed by atoms with Crippen LogP contribution in [0.3, 0.4) is 0 Å². The van der Waals surface area contributed by atoms with Crippen molar-refractivity contribution < 1.29 is 92.9 Å². The SMILES string of the molecule is CCOC(=O)C(=CC(F)(F)C(F)(F)C(F)(F)C(F)(F)C(F)(F)C(F)(F)C(F)(F)C(F)(F)F)N(C)S(=O)[O-]. The summed E-state index contributed by atoms with van der Waals surface area (Å²) in [5.74, 6) is -60.8.